The Morgan fingerprint density at radius 1 is 0.971 bits per heavy atom. The molecular weight excluding hydrogens is 446 g/mol. The van der Waals surface area contributed by atoms with Crippen LogP contribution in [0.2, 0.25) is 0 Å². The van der Waals surface area contributed by atoms with Crippen molar-refractivity contribution in [2.45, 2.75) is 0 Å². The van der Waals surface area contributed by atoms with Crippen LogP contribution in [0.15, 0.2) is 79.1 Å². The molecule has 0 radical (unpaired) electrons. The summed E-state index contributed by atoms with van der Waals surface area (Å²) in [5, 5.41) is 4.74. The van der Waals surface area contributed by atoms with Gasteiger partial charge < -0.3 is 18.8 Å². The quantitative estimate of drug-likeness (QED) is 0.205. The Kier molecular flexibility index (Phi) is 7.11. The van der Waals surface area contributed by atoms with E-state index in [0.717, 1.165) is 11.3 Å². The van der Waals surface area contributed by atoms with Gasteiger partial charge in [0.05, 0.1) is 25.6 Å². The molecule has 0 aliphatic heterocycles. The number of methoxy groups -OCH3 is 2. The molecule has 0 bridgehead atoms. The third kappa shape index (κ3) is 5.33. The molecule has 178 valence electrons. The summed E-state index contributed by atoms with van der Waals surface area (Å²) >= 11 is 0. The number of hydrogen-bond acceptors (Lipinski definition) is 6. The maximum atomic E-state index is 12.4. The number of carbonyl (C=O) groups is 2. The van der Waals surface area contributed by atoms with E-state index in [2.05, 4.69) is 0 Å². The Labute approximate surface area is 203 Å². The molecule has 2 heterocycles. The third-order valence-electron chi connectivity index (χ3n) is 5.39. The monoisotopic (exact) mass is 471 g/mol. The lowest BCUT2D eigenvalue weighted by molar-refractivity contribution is -0.136. The first-order chi connectivity index (χ1) is 17.0. The zero-order chi connectivity index (χ0) is 24.8. The first kappa shape index (κ1) is 23.6. The van der Waals surface area contributed by atoms with E-state index in [-0.39, 0.29) is 12.4 Å². The smallest absolute Gasteiger partial charge is 0.331 e. The Bertz CT molecular complexity index is 1370. The summed E-state index contributed by atoms with van der Waals surface area (Å²) in [5.41, 5.74) is 3.45. The van der Waals surface area contributed by atoms with Crippen LogP contribution in [0.3, 0.4) is 0 Å². The summed E-state index contributed by atoms with van der Waals surface area (Å²) in [5.74, 6) is 0.260. The number of para-hydroxylation sites is 1. The van der Waals surface area contributed by atoms with E-state index >= 15 is 0 Å². The molecule has 0 aliphatic carbocycles. The predicted molar refractivity (Wildman–Crippen MR) is 132 cm³/mol. The number of benzene rings is 2. The van der Waals surface area contributed by atoms with Crippen LogP contribution < -0.4 is 9.47 Å². The van der Waals surface area contributed by atoms with Crippen LogP contribution in [-0.4, -0.2) is 46.9 Å². The second kappa shape index (κ2) is 10.6. The van der Waals surface area contributed by atoms with Crippen molar-refractivity contribution in [2.24, 2.45) is 7.05 Å². The number of nitrogens with zero attached hydrogens (tertiary/aromatic N) is 3. The molecular formula is C27H25N3O5. The first-order valence-electron chi connectivity index (χ1n) is 10.9. The number of ether oxygens (including phenoxy) is 3. The maximum absolute atomic E-state index is 12.4. The lowest BCUT2D eigenvalue weighted by Crippen LogP contribution is -2.15. The molecule has 0 spiro atoms. The number of aromatic nitrogens is 3. The van der Waals surface area contributed by atoms with E-state index in [4.69, 9.17) is 19.3 Å². The fourth-order valence-electron chi connectivity index (χ4n) is 3.60. The molecule has 0 atom stereocenters. The number of aryl methyl sites for hydroxylation is 1. The molecule has 0 amide bonds. The van der Waals surface area contributed by atoms with Crippen LogP contribution in [0, 0.1) is 0 Å². The Balaban J connectivity index is 1.60. The Hall–Kier alpha value is -4.59. The molecule has 0 unspecified atom stereocenters. The van der Waals surface area contributed by atoms with E-state index in [0.29, 0.717) is 28.5 Å². The summed E-state index contributed by atoms with van der Waals surface area (Å²) < 4.78 is 19.3. The molecule has 0 saturated carbocycles. The van der Waals surface area contributed by atoms with Crippen LogP contribution in [0.1, 0.15) is 16.1 Å². The highest BCUT2D eigenvalue weighted by Gasteiger charge is 2.15. The maximum Gasteiger partial charge on any atom is 0.331 e. The van der Waals surface area contributed by atoms with E-state index in [9.17, 15) is 9.59 Å². The molecule has 4 rings (SSSR count). The van der Waals surface area contributed by atoms with E-state index < -0.39 is 5.97 Å². The molecule has 0 fully saturated rings. The van der Waals surface area contributed by atoms with E-state index in [1.165, 1.54) is 6.08 Å². The van der Waals surface area contributed by atoms with E-state index in [1.54, 1.807) is 61.0 Å². The van der Waals surface area contributed by atoms with Gasteiger partial charge in [-0.1, -0.05) is 18.2 Å². The van der Waals surface area contributed by atoms with Gasteiger partial charge in [-0.05, 0) is 48.5 Å². The Morgan fingerprint density at radius 3 is 2.43 bits per heavy atom. The molecule has 4 aromatic rings. The number of carbonyl (C=O) groups excluding carboxylic acids is 2. The fourth-order valence-corrected chi connectivity index (χ4v) is 3.60. The normalized spacial score (nSPS) is 10.9. The molecule has 0 N–H and O–H groups in total. The SMILES string of the molecule is COc1ccc(-c2nn(-c3ccccc3)cc2/C=C/C(=O)OCC(=O)c2cccn2C)cc1OC. The van der Waals surface area contributed by atoms with Crippen molar-refractivity contribution >= 4 is 17.8 Å². The molecule has 8 nitrogen and oxygen atoms in total. The summed E-state index contributed by atoms with van der Waals surface area (Å²) in [6, 6.07) is 18.6. The number of hydrogen-bond donors (Lipinski definition) is 0. The van der Waals surface area contributed by atoms with Gasteiger partial charge in [0.15, 0.2) is 18.1 Å². The zero-order valence-corrected chi connectivity index (χ0v) is 19.7. The van der Waals surface area contributed by atoms with Gasteiger partial charge in [-0.15, -0.1) is 0 Å². The van der Waals surface area contributed by atoms with Gasteiger partial charge >= 0.3 is 5.97 Å². The zero-order valence-electron chi connectivity index (χ0n) is 19.7. The molecule has 8 heteroatoms. The highest BCUT2D eigenvalue weighted by molar-refractivity contribution is 5.98. The van der Waals surface area contributed by atoms with Crippen molar-refractivity contribution in [1.29, 1.82) is 0 Å². The largest absolute Gasteiger partial charge is 0.493 e. The van der Waals surface area contributed by atoms with Crippen molar-refractivity contribution in [1.82, 2.24) is 14.3 Å². The topological polar surface area (TPSA) is 84.6 Å². The van der Waals surface area contributed by atoms with Crippen molar-refractivity contribution in [2.75, 3.05) is 20.8 Å². The summed E-state index contributed by atoms with van der Waals surface area (Å²) in [4.78, 5) is 24.6. The van der Waals surface area contributed by atoms with Gasteiger partial charge in [0.25, 0.3) is 0 Å². The van der Waals surface area contributed by atoms with Gasteiger partial charge in [-0.3, -0.25) is 4.79 Å². The highest BCUT2D eigenvalue weighted by Crippen LogP contribution is 2.33. The van der Waals surface area contributed by atoms with Gasteiger partial charge in [0.1, 0.15) is 5.69 Å². The van der Waals surface area contributed by atoms with Crippen molar-refractivity contribution in [3.05, 3.63) is 90.4 Å². The van der Waals surface area contributed by atoms with Crippen molar-refractivity contribution < 1.29 is 23.8 Å². The molecule has 0 aliphatic rings. The predicted octanol–water partition coefficient (Wildman–Crippen LogP) is 4.33. The lowest BCUT2D eigenvalue weighted by atomic mass is 10.1. The third-order valence-corrected chi connectivity index (χ3v) is 5.39. The van der Waals surface area contributed by atoms with Gasteiger partial charge in [0.2, 0.25) is 5.78 Å². The number of ketones is 1. The minimum atomic E-state index is -0.627. The average molecular weight is 472 g/mol. The van der Waals surface area contributed by atoms with E-state index in [1.807, 2.05) is 48.7 Å². The fraction of sp³-hybridized carbons (Fsp3) is 0.148. The van der Waals surface area contributed by atoms with Crippen LogP contribution in [0.25, 0.3) is 23.0 Å². The second-order valence-corrected chi connectivity index (χ2v) is 7.65. The average Bonchev–Trinajstić information content (AvgIpc) is 3.52. The summed E-state index contributed by atoms with van der Waals surface area (Å²) in [7, 11) is 4.90. The van der Waals surface area contributed by atoms with Crippen LogP contribution >= 0.6 is 0 Å². The standard InChI is InChI=1S/C27H25N3O5/c1-29-15-7-10-22(29)23(31)18-35-26(32)14-12-20-17-30(21-8-5-4-6-9-21)28-27(20)19-11-13-24(33-2)25(16-19)34-3/h4-17H,18H2,1-3H3/b14-12+. The minimum absolute atomic E-state index is 0.276. The number of esters is 1. The van der Waals surface area contributed by atoms with Gasteiger partial charge in [0, 0.05) is 36.6 Å². The van der Waals surface area contributed by atoms with Crippen molar-refractivity contribution in [3.63, 3.8) is 0 Å². The van der Waals surface area contributed by atoms with Gasteiger partial charge in [-0.2, -0.15) is 5.10 Å². The number of rotatable bonds is 9. The van der Waals surface area contributed by atoms with Crippen LogP contribution in [0.5, 0.6) is 11.5 Å². The second-order valence-electron chi connectivity index (χ2n) is 7.65. The first-order valence-corrected chi connectivity index (χ1v) is 10.9. The summed E-state index contributed by atoms with van der Waals surface area (Å²) in [6.45, 7) is -0.340. The molecule has 0 saturated heterocycles. The highest BCUT2D eigenvalue weighted by atomic mass is 16.5. The van der Waals surface area contributed by atoms with Crippen LogP contribution in [0.4, 0.5) is 0 Å². The lowest BCUT2D eigenvalue weighted by Gasteiger charge is -2.09. The molecule has 35 heavy (non-hydrogen) atoms. The number of Topliss-reactive ketones (excluding diaryl/α,β-unsaturated/α-hetero) is 1. The molecule has 2 aromatic heterocycles. The summed E-state index contributed by atoms with van der Waals surface area (Å²) in [6.07, 6.45) is 6.48. The van der Waals surface area contributed by atoms with Crippen LogP contribution in [-0.2, 0) is 16.6 Å². The van der Waals surface area contributed by atoms with Gasteiger partial charge in [-0.25, -0.2) is 9.48 Å². The van der Waals surface area contributed by atoms with Crippen molar-refractivity contribution in [3.8, 4) is 28.4 Å². The Morgan fingerprint density at radius 2 is 1.74 bits per heavy atom. The molecule has 2 aromatic carbocycles. The minimum Gasteiger partial charge on any atom is -0.493 e.